The van der Waals surface area contributed by atoms with Crippen molar-refractivity contribution in [3.05, 3.63) is 57.9 Å². The van der Waals surface area contributed by atoms with Crippen LogP contribution >= 0.6 is 11.6 Å². The third kappa shape index (κ3) is 3.14. The molecule has 0 amide bonds. The van der Waals surface area contributed by atoms with Crippen LogP contribution in [0.5, 0.6) is 0 Å². The minimum atomic E-state index is -0.402. The molecular formula is C14H14ClNO2. The molecule has 0 aliphatic rings. The predicted molar refractivity (Wildman–Crippen MR) is 70.8 cm³/mol. The lowest BCUT2D eigenvalue weighted by atomic mass is 10.1. The van der Waals surface area contributed by atoms with Gasteiger partial charge in [0.1, 0.15) is 12.3 Å². The normalized spacial score (nSPS) is 10.4. The molecule has 0 saturated carbocycles. The molecule has 0 saturated heterocycles. The quantitative estimate of drug-likeness (QED) is 0.859. The summed E-state index contributed by atoms with van der Waals surface area (Å²) in [5.74, 6) is -0.402. The van der Waals surface area contributed by atoms with E-state index < -0.39 is 5.97 Å². The number of esters is 1. The monoisotopic (exact) mass is 263 g/mol. The second kappa shape index (κ2) is 5.27. The standard InChI is InChI=1S/C14H14ClNO2/c1-9-3-10(2)5-11(4-9)8-18-14(17)13-6-12(15)7-16-13/h3-7,16H,8H2,1-2H3. The summed E-state index contributed by atoms with van der Waals surface area (Å²) >= 11 is 5.72. The Morgan fingerprint density at radius 1 is 1.22 bits per heavy atom. The number of hydrogen-bond acceptors (Lipinski definition) is 2. The van der Waals surface area contributed by atoms with Crippen molar-refractivity contribution in [2.24, 2.45) is 0 Å². The maximum absolute atomic E-state index is 11.7. The minimum Gasteiger partial charge on any atom is -0.456 e. The topological polar surface area (TPSA) is 42.1 Å². The van der Waals surface area contributed by atoms with Gasteiger partial charge in [-0.05, 0) is 25.5 Å². The van der Waals surface area contributed by atoms with Crippen molar-refractivity contribution in [2.75, 3.05) is 0 Å². The van der Waals surface area contributed by atoms with E-state index in [2.05, 4.69) is 11.1 Å². The Kier molecular flexibility index (Phi) is 3.72. The van der Waals surface area contributed by atoms with E-state index in [0.717, 1.165) is 16.7 Å². The van der Waals surface area contributed by atoms with Gasteiger partial charge in [-0.3, -0.25) is 0 Å². The van der Waals surface area contributed by atoms with Crippen molar-refractivity contribution in [1.82, 2.24) is 4.98 Å². The number of H-pyrrole nitrogens is 1. The number of aromatic amines is 1. The first kappa shape index (κ1) is 12.7. The summed E-state index contributed by atoms with van der Waals surface area (Å²) in [7, 11) is 0. The largest absolute Gasteiger partial charge is 0.456 e. The Bertz CT molecular complexity index is 555. The van der Waals surface area contributed by atoms with E-state index in [1.807, 2.05) is 26.0 Å². The van der Waals surface area contributed by atoms with Crippen molar-refractivity contribution in [2.45, 2.75) is 20.5 Å². The molecule has 0 atom stereocenters. The van der Waals surface area contributed by atoms with Gasteiger partial charge in [-0.25, -0.2) is 4.79 Å². The van der Waals surface area contributed by atoms with E-state index in [-0.39, 0.29) is 6.61 Å². The van der Waals surface area contributed by atoms with Gasteiger partial charge in [-0.2, -0.15) is 0 Å². The third-order valence-corrected chi connectivity index (χ3v) is 2.74. The van der Waals surface area contributed by atoms with E-state index in [1.165, 1.54) is 0 Å². The summed E-state index contributed by atoms with van der Waals surface area (Å²) in [6, 6.07) is 7.63. The highest BCUT2D eigenvalue weighted by molar-refractivity contribution is 6.30. The van der Waals surface area contributed by atoms with Gasteiger partial charge in [0.2, 0.25) is 0 Å². The summed E-state index contributed by atoms with van der Waals surface area (Å²) in [6.45, 7) is 4.30. The lowest BCUT2D eigenvalue weighted by molar-refractivity contribution is 0.0466. The smallest absolute Gasteiger partial charge is 0.355 e. The van der Waals surface area contributed by atoms with Gasteiger partial charge in [0, 0.05) is 6.20 Å². The van der Waals surface area contributed by atoms with Gasteiger partial charge in [0.05, 0.1) is 5.02 Å². The first-order valence-electron chi connectivity index (χ1n) is 5.63. The molecule has 94 valence electrons. The van der Waals surface area contributed by atoms with Crippen molar-refractivity contribution >= 4 is 17.6 Å². The number of carbonyl (C=O) groups is 1. The molecule has 0 unspecified atom stereocenters. The van der Waals surface area contributed by atoms with Crippen LogP contribution in [-0.4, -0.2) is 11.0 Å². The molecule has 18 heavy (non-hydrogen) atoms. The molecule has 1 heterocycles. The van der Waals surface area contributed by atoms with Crippen LogP contribution in [-0.2, 0) is 11.3 Å². The molecule has 4 heteroatoms. The van der Waals surface area contributed by atoms with E-state index in [4.69, 9.17) is 16.3 Å². The Hall–Kier alpha value is -1.74. The van der Waals surface area contributed by atoms with Crippen LogP contribution in [0.15, 0.2) is 30.5 Å². The lowest BCUT2D eigenvalue weighted by Crippen LogP contribution is -2.05. The lowest BCUT2D eigenvalue weighted by Gasteiger charge is -2.06. The fourth-order valence-electron chi connectivity index (χ4n) is 1.86. The van der Waals surface area contributed by atoms with Crippen LogP contribution in [0.1, 0.15) is 27.2 Å². The highest BCUT2D eigenvalue weighted by atomic mass is 35.5. The van der Waals surface area contributed by atoms with Crippen LogP contribution in [0.3, 0.4) is 0 Å². The first-order chi connectivity index (χ1) is 8.54. The fraction of sp³-hybridized carbons (Fsp3) is 0.214. The average molecular weight is 264 g/mol. The number of nitrogens with one attached hydrogen (secondary N) is 1. The molecule has 0 radical (unpaired) electrons. The maximum atomic E-state index is 11.7. The fourth-order valence-corrected chi connectivity index (χ4v) is 2.03. The van der Waals surface area contributed by atoms with Gasteiger partial charge in [-0.1, -0.05) is 40.9 Å². The van der Waals surface area contributed by atoms with Crippen LogP contribution < -0.4 is 0 Å². The van der Waals surface area contributed by atoms with Crippen LogP contribution in [0.25, 0.3) is 0 Å². The Morgan fingerprint density at radius 3 is 2.44 bits per heavy atom. The summed E-state index contributed by atoms with van der Waals surface area (Å²) < 4.78 is 5.21. The Morgan fingerprint density at radius 2 is 1.89 bits per heavy atom. The molecular weight excluding hydrogens is 250 g/mol. The number of halogens is 1. The van der Waals surface area contributed by atoms with Crippen LogP contribution in [0.2, 0.25) is 5.02 Å². The highest BCUT2D eigenvalue weighted by Crippen LogP contribution is 2.13. The van der Waals surface area contributed by atoms with E-state index in [9.17, 15) is 4.79 Å². The van der Waals surface area contributed by atoms with Gasteiger partial charge in [0.15, 0.2) is 0 Å². The molecule has 0 aliphatic carbocycles. The molecule has 1 aromatic carbocycles. The summed E-state index contributed by atoms with van der Waals surface area (Å²) in [4.78, 5) is 14.4. The zero-order valence-electron chi connectivity index (χ0n) is 10.3. The van der Waals surface area contributed by atoms with Crippen molar-refractivity contribution in [3.63, 3.8) is 0 Å². The highest BCUT2D eigenvalue weighted by Gasteiger charge is 2.09. The molecule has 2 aromatic rings. The van der Waals surface area contributed by atoms with E-state index in [1.54, 1.807) is 12.3 Å². The van der Waals surface area contributed by atoms with Crippen LogP contribution in [0.4, 0.5) is 0 Å². The second-order valence-corrected chi connectivity index (χ2v) is 4.74. The number of benzene rings is 1. The van der Waals surface area contributed by atoms with Gasteiger partial charge >= 0.3 is 5.97 Å². The summed E-state index contributed by atoms with van der Waals surface area (Å²) in [5.41, 5.74) is 3.66. The Balaban J connectivity index is 2.01. The molecule has 0 fully saturated rings. The number of hydrogen-bond donors (Lipinski definition) is 1. The van der Waals surface area contributed by atoms with Crippen molar-refractivity contribution in [3.8, 4) is 0 Å². The maximum Gasteiger partial charge on any atom is 0.355 e. The number of aryl methyl sites for hydroxylation is 2. The predicted octanol–water partition coefficient (Wildman–Crippen LogP) is 3.64. The SMILES string of the molecule is Cc1cc(C)cc(COC(=O)c2cc(Cl)c[nH]2)c1. The number of ether oxygens (including phenoxy) is 1. The molecule has 0 bridgehead atoms. The van der Waals surface area contributed by atoms with Crippen molar-refractivity contribution in [1.29, 1.82) is 0 Å². The van der Waals surface area contributed by atoms with E-state index in [0.29, 0.717) is 10.7 Å². The summed E-state index contributed by atoms with van der Waals surface area (Å²) in [5, 5.41) is 0.494. The second-order valence-electron chi connectivity index (χ2n) is 4.30. The van der Waals surface area contributed by atoms with Crippen LogP contribution in [0, 0.1) is 13.8 Å². The minimum absolute atomic E-state index is 0.262. The number of rotatable bonds is 3. The Labute approximate surface area is 111 Å². The van der Waals surface area contributed by atoms with Gasteiger partial charge in [0.25, 0.3) is 0 Å². The zero-order chi connectivity index (χ0) is 13.1. The van der Waals surface area contributed by atoms with Gasteiger partial charge in [-0.15, -0.1) is 0 Å². The molecule has 0 spiro atoms. The molecule has 1 N–H and O–H groups in total. The average Bonchev–Trinajstić information content (AvgIpc) is 2.71. The number of aromatic nitrogens is 1. The number of carbonyl (C=O) groups excluding carboxylic acids is 1. The summed E-state index contributed by atoms with van der Waals surface area (Å²) in [6.07, 6.45) is 1.55. The molecule has 2 rings (SSSR count). The van der Waals surface area contributed by atoms with E-state index >= 15 is 0 Å². The van der Waals surface area contributed by atoms with Crippen molar-refractivity contribution < 1.29 is 9.53 Å². The molecule has 0 aliphatic heterocycles. The van der Waals surface area contributed by atoms with Gasteiger partial charge < -0.3 is 9.72 Å². The molecule has 3 nitrogen and oxygen atoms in total. The first-order valence-corrected chi connectivity index (χ1v) is 6.00. The molecule has 1 aromatic heterocycles. The zero-order valence-corrected chi connectivity index (χ0v) is 11.0. The third-order valence-electron chi connectivity index (χ3n) is 2.52.